The first-order valence-electron chi connectivity index (χ1n) is 11.5. The van der Waals surface area contributed by atoms with E-state index >= 15 is 0 Å². The molecule has 1 unspecified atom stereocenters. The van der Waals surface area contributed by atoms with Crippen LogP contribution in [0.25, 0.3) is 11.1 Å². The second kappa shape index (κ2) is 12.0. The lowest BCUT2D eigenvalue weighted by molar-refractivity contribution is 0.0827. The summed E-state index contributed by atoms with van der Waals surface area (Å²) in [7, 11) is 1.88. The number of aromatic nitrogens is 1. The predicted octanol–water partition coefficient (Wildman–Crippen LogP) is 4.91. The van der Waals surface area contributed by atoms with Gasteiger partial charge < -0.3 is 20.3 Å². The van der Waals surface area contributed by atoms with Crippen molar-refractivity contribution >= 4 is 34.3 Å². The van der Waals surface area contributed by atoms with Crippen molar-refractivity contribution in [2.75, 3.05) is 24.1 Å². The SMILES string of the molecule is CN(C)C(=O)c1ccc(-c2ccccc2S(=O)Nc2ccc(NC(=O)NCc3cccnc3)cc2)cc1. The lowest BCUT2D eigenvalue weighted by Crippen LogP contribution is -2.28. The van der Waals surface area contributed by atoms with Gasteiger partial charge in [-0.05, 0) is 65.2 Å². The Labute approximate surface area is 218 Å². The second-order valence-electron chi connectivity index (χ2n) is 8.39. The Hall–Kier alpha value is -4.50. The van der Waals surface area contributed by atoms with Crippen LogP contribution < -0.4 is 15.4 Å². The van der Waals surface area contributed by atoms with Gasteiger partial charge in [0.05, 0.1) is 4.90 Å². The summed E-state index contributed by atoms with van der Waals surface area (Å²) in [6.45, 7) is 0.367. The molecule has 0 aliphatic rings. The fourth-order valence-corrected chi connectivity index (χ4v) is 4.61. The molecular weight excluding hydrogens is 486 g/mol. The molecule has 3 amide bonds. The van der Waals surface area contributed by atoms with Crippen molar-refractivity contribution in [3.63, 3.8) is 0 Å². The summed E-state index contributed by atoms with van der Waals surface area (Å²) in [6, 6.07) is 25.0. The van der Waals surface area contributed by atoms with Gasteiger partial charge >= 0.3 is 6.03 Å². The molecule has 0 saturated heterocycles. The van der Waals surface area contributed by atoms with Crippen molar-refractivity contribution < 1.29 is 13.8 Å². The summed E-state index contributed by atoms with van der Waals surface area (Å²) >= 11 is 0. The average Bonchev–Trinajstić information content (AvgIpc) is 2.93. The third-order valence-corrected chi connectivity index (χ3v) is 6.64. The number of urea groups is 1. The van der Waals surface area contributed by atoms with Crippen molar-refractivity contribution in [1.82, 2.24) is 15.2 Å². The molecule has 0 aliphatic heterocycles. The van der Waals surface area contributed by atoms with Crippen LogP contribution in [0.1, 0.15) is 15.9 Å². The minimum Gasteiger partial charge on any atom is -0.345 e. The lowest BCUT2D eigenvalue weighted by Gasteiger charge is -2.13. The predicted molar refractivity (Wildman–Crippen MR) is 146 cm³/mol. The largest absolute Gasteiger partial charge is 0.345 e. The standard InChI is InChI=1S/C28H27N5O3S/c1-33(2)27(34)22-11-9-21(10-12-22)25-7-3-4-8-26(25)37(36)32-24-15-13-23(14-16-24)31-28(35)30-19-20-6-5-17-29-18-20/h3-18,32H,19H2,1-2H3,(H2,30,31,35). The monoisotopic (exact) mass is 513 g/mol. The quantitative estimate of drug-likeness (QED) is 0.312. The lowest BCUT2D eigenvalue weighted by atomic mass is 10.0. The number of carbonyl (C=O) groups is 2. The van der Waals surface area contributed by atoms with E-state index in [1.165, 1.54) is 4.90 Å². The minimum absolute atomic E-state index is 0.0750. The zero-order valence-electron chi connectivity index (χ0n) is 20.5. The third-order valence-electron chi connectivity index (χ3n) is 5.47. The molecule has 8 nitrogen and oxygen atoms in total. The number of benzene rings is 3. The van der Waals surface area contributed by atoms with Crippen LogP contribution >= 0.6 is 0 Å². The van der Waals surface area contributed by atoms with E-state index < -0.39 is 11.0 Å². The highest BCUT2D eigenvalue weighted by molar-refractivity contribution is 7.86. The topological polar surface area (TPSA) is 103 Å². The maximum Gasteiger partial charge on any atom is 0.319 e. The molecule has 3 aromatic carbocycles. The molecule has 0 radical (unpaired) electrons. The van der Waals surface area contributed by atoms with Gasteiger partial charge in [-0.1, -0.05) is 36.4 Å². The fourth-order valence-electron chi connectivity index (χ4n) is 3.56. The molecule has 3 N–H and O–H groups in total. The maximum absolute atomic E-state index is 13.2. The fraction of sp³-hybridized carbons (Fsp3) is 0.107. The molecule has 0 saturated carbocycles. The van der Waals surface area contributed by atoms with Crippen molar-refractivity contribution in [3.8, 4) is 11.1 Å². The molecule has 0 spiro atoms. The zero-order valence-corrected chi connectivity index (χ0v) is 21.3. The maximum atomic E-state index is 13.2. The van der Waals surface area contributed by atoms with E-state index in [0.29, 0.717) is 28.4 Å². The average molecular weight is 514 g/mol. The van der Waals surface area contributed by atoms with Gasteiger partial charge in [0.15, 0.2) is 11.0 Å². The summed E-state index contributed by atoms with van der Waals surface area (Å²) in [5, 5.41) is 5.55. The normalized spacial score (nSPS) is 11.3. The van der Waals surface area contributed by atoms with Crippen LogP contribution in [0.15, 0.2) is 102 Å². The van der Waals surface area contributed by atoms with Crippen LogP contribution in [0.3, 0.4) is 0 Å². The van der Waals surface area contributed by atoms with Crippen LogP contribution in [-0.2, 0) is 17.5 Å². The molecular formula is C28H27N5O3S. The summed E-state index contributed by atoms with van der Waals surface area (Å²) in [5.74, 6) is -0.0750. The van der Waals surface area contributed by atoms with Gasteiger partial charge in [0, 0.05) is 50.0 Å². The van der Waals surface area contributed by atoms with Crippen molar-refractivity contribution in [1.29, 1.82) is 0 Å². The molecule has 0 bridgehead atoms. The van der Waals surface area contributed by atoms with Gasteiger partial charge in [0.1, 0.15) is 0 Å². The highest BCUT2D eigenvalue weighted by Gasteiger charge is 2.13. The summed E-state index contributed by atoms with van der Waals surface area (Å²) in [6.07, 6.45) is 3.37. The molecule has 37 heavy (non-hydrogen) atoms. The van der Waals surface area contributed by atoms with E-state index in [4.69, 9.17) is 0 Å². The molecule has 0 fully saturated rings. The van der Waals surface area contributed by atoms with Crippen LogP contribution in [0, 0.1) is 0 Å². The van der Waals surface area contributed by atoms with E-state index in [2.05, 4.69) is 20.3 Å². The molecule has 1 aromatic heterocycles. The minimum atomic E-state index is -1.54. The van der Waals surface area contributed by atoms with E-state index in [9.17, 15) is 13.8 Å². The van der Waals surface area contributed by atoms with Gasteiger partial charge in [-0.25, -0.2) is 9.00 Å². The van der Waals surface area contributed by atoms with Gasteiger partial charge in [0.25, 0.3) is 5.91 Å². The number of nitrogens with one attached hydrogen (secondary N) is 3. The Morgan fingerprint density at radius 3 is 2.24 bits per heavy atom. The Morgan fingerprint density at radius 1 is 0.865 bits per heavy atom. The second-order valence-corrected chi connectivity index (χ2v) is 9.57. The Kier molecular flexibility index (Phi) is 8.27. The van der Waals surface area contributed by atoms with E-state index in [0.717, 1.165) is 16.7 Å². The number of carbonyl (C=O) groups excluding carboxylic acids is 2. The van der Waals surface area contributed by atoms with E-state index in [1.807, 2.05) is 42.5 Å². The summed E-state index contributed by atoms with van der Waals surface area (Å²) in [4.78, 5) is 30.5. The highest BCUT2D eigenvalue weighted by atomic mass is 32.2. The van der Waals surface area contributed by atoms with E-state index in [-0.39, 0.29) is 11.9 Å². The van der Waals surface area contributed by atoms with Gasteiger partial charge in [-0.15, -0.1) is 0 Å². The Balaban J connectivity index is 1.39. The smallest absolute Gasteiger partial charge is 0.319 e. The number of nitrogens with zero attached hydrogens (tertiary/aromatic N) is 2. The highest BCUT2D eigenvalue weighted by Crippen LogP contribution is 2.27. The molecule has 1 atom stereocenters. The number of amides is 3. The Bertz CT molecular complexity index is 1390. The van der Waals surface area contributed by atoms with Crippen LogP contribution in [0.2, 0.25) is 0 Å². The molecule has 4 aromatic rings. The van der Waals surface area contributed by atoms with Crippen molar-refractivity contribution in [2.24, 2.45) is 0 Å². The molecule has 188 valence electrons. The molecule has 1 heterocycles. The first-order chi connectivity index (χ1) is 17.9. The third kappa shape index (κ3) is 6.80. The van der Waals surface area contributed by atoms with Crippen LogP contribution in [-0.4, -0.2) is 40.1 Å². The van der Waals surface area contributed by atoms with Crippen LogP contribution in [0.5, 0.6) is 0 Å². The van der Waals surface area contributed by atoms with Gasteiger partial charge in [-0.2, -0.15) is 0 Å². The number of hydrogen-bond donors (Lipinski definition) is 3. The van der Waals surface area contributed by atoms with Crippen LogP contribution in [0.4, 0.5) is 16.2 Å². The first kappa shape index (κ1) is 25.6. The zero-order chi connectivity index (χ0) is 26.2. The molecule has 0 aliphatic carbocycles. The number of anilines is 2. The number of pyridine rings is 1. The number of rotatable bonds is 8. The number of hydrogen-bond acceptors (Lipinski definition) is 4. The van der Waals surface area contributed by atoms with Gasteiger partial charge in [-0.3, -0.25) is 9.78 Å². The molecule has 9 heteroatoms. The molecule has 4 rings (SSSR count). The summed E-state index contributed by atoms with van der Waals surface area (Å²) in [5.41, 5.74) is 4.40. The van der Waals surface area contributed by atoms with E-state index in [1.54, 1.807) is 69.0 Å². The Morgan fingerprint density at radius 2 is 1.57 bits per heavy atom. The summed E-state index contributed by atoms with van der Waals surface area (Å²) < 4.78 is 16.2. The van der Waals surface area contributed by atoms with Crippen molar-refractivity contribution in [3.05, 3.63) is 108 Å². The van der Waals surface area contributed by atoms with Gasteiger partial charge in [0.2, 0.25) is 0 Å². The van der Waals surface area contributed by atoms with Crippen molar-refractivity contribution in [2.45, 2.75) is 11.4 Å². The first-order valence-corrected chi connectivity index (χ1v) is 12.7.